The molecule has 6 heteroatoms. The van der Waals surface area contributed by atoms with Crippen molar-refractivity contribution >= 4 is 15.8 Å². The van der Waals surface area contributed by atoms with E-state index in [1.165, 1.54) is 0 Å². The molecule has 0 bridgehead atoms. The van der Waals surface area contributed by atoms with E-state index >= 15 is 0 Å². The number of rotatable bonds is 4. The molecule has 13 heavy (non-hydrogen) atoms. The predicted molar refractivity (Wildman–Crippen MR) is 45.3 cm³/mol. The molecule has 0 saturated carbocycles. The summed E-state index contributed by atoms with van der Waals surface area (Å²) in [5.41, 5.74) is 0. The van der Waals surface area contributed by atoms with Crippen LogP contribution in [0.4, 0.5) is 0 Å². The molecular weight excluding hydrogens is 196 g/mol. The standard InChI is InChI=1S/C7H12O5S/c8-7(9)2-4-13(10,11)6-1-3-12-5-6/h6H,1-5H2,(H,8,9). The van der Waals surface area contributed by atoms with Gasteiger partial charge < -0.3 is 9.84 Å². The van der Waals surface area contributed by atoms with Crippen LogP contribution in [0, 0.1) is 0 Å². The lowest BCUT2D eigenvalue weighted by Gasteiger charge is -2.07. The Morgan fingerprint density at radius 3 is 2.69 bits per heavy atom. The minimum Gasteiger partial charge on any atom is -0.481 e. The average Bonchev–Trinajstić information content (AvgIpc) is 2.53. The molecular formula is C7H12O5S. The van der Waals surface area contributed by atoms with Gasteiger partial charge in [0.1, 0.15) is 0 Å². The maximum absolute atomic E-state index is 11.4. The van der Waals surface area contributed by atoms with E-state index in [0.29, 0.717) is 13.0 Å². The second kappa shape index (κ2) is 4.06. The van der Waals surface area contributed by atoms with Crippen molar-refractivity contribution in [2.75, 3.05) is 19.0 Å². The molecule has 0 radical (unpaired) electrons. The Hall–Kier alpha value is -0.620. The zero-order valence-corrected chi connectivity index (χ0v) is 7.92. The van der Waals surface area contributed by atoms with Crippen LogP contribution in [-0.2, 0) is 19.4 Å². The monoisotopic (exact) mass is 208 g/mol. The molecule has 0 aromatic rings. The summed E-state index contributed by atoms with van der Waals surface area (Å²) < 4.78 is 27.7. The fourth-order valence-electron chi connectivity index (χ4n) is 1.19. The molecule has 0 aromatic heterocycles. The van der Waals surface area contributed by atoms with Gasteiger partial charge in [-0.3, -0.25) is 4.79 Å². The molecule has 1 saturated heterocycles. The zero-order valence-electron chi connectivity index (χ0n) is 7.10. The number of carbonyl (C=O) groups is 1. The lowest BCUT2D eigenvalue weighted by atomic mass is 10.4. The Kier molecular flexibility index (Phi) is 3.27. The van der Waals surface area contributed by atoms with Gasteiger partial charge in [0, 0.05) is 6.61 Å². The summed E-state index contributed by atoms with van der Waals surface area (Å²) >= 11 is 0. The van der Waals surface area contributed by atoms with E-state index in [4.69, 9.17) is 9.84 Å². The van der Waals surface area contributed by atoms with Crippen molar-refractivity contribution in [1.29, 1.82) is 0 Å². The fraction of sp³-hybridized carbons (Fsp3) is 0.857. The van der Waals surface area contributed by atoms with Crippen LogP contribution >= 0.6 is 0 Å². The van der Waals surface area contributed by atoms with Crippen LogP contribution in [0.15, 0.2) is 0 Å². The molecule has 1 unspecified atom stereocenters. The number of hydrogen-bond donors (Lipinski definition) is 1. The number of carboxylic acids is 1. The lowest BCUT2D eigenvalue weighted by molar-refractivity contribution is -0.136. The number of sulfone groups is 1. The fourth-order valence-corrected chi connectivity index (χ4v) is 2.74. The van der Waals surface area contributed by atoms with Crippen molar-refractivity contribution in [3.63, 3.8) is 0 Å². The largest absolute Gasteiger partial charge is 0.481 e. The summed E-state index contributed by atoms with van der Waals surface area (Å²) in [5.74, 6) is -1.36. The van der Waals surface area contributed by atoms with Crippen LogP contribution in [0.1, 0.15) is 12.8 Å². The van der Waals surface area contributed by atoms with Gasteiger partial charge in [0.25, 0.3) is 0 Å². The minimum atomic E-state index is -3.26. The highest BCUT2D eigenvalue weighted by Gasteiger charge is 2.29. The molecule has 1 aliphatic heterocycles. The van der Waals surface area contributed by atoms with Crippen LogP contribution in [0.5, 0.6) is 0 Å². The van der Waals surface area contributed by atoms with Crippen molar-refractivity contribution in [3.05, 3.63) is 0 Å². The van der Waals surface area contributed by atoms with E-state index in [9.17, 15) is 13.2 Å². The number of aliphatic carboxylic acids is 1. The molecule has 0 spiro atoms. The van der Waals surface area contributed by atoms with E-state index in [0.717, 1.165) is 0 Å². The van der Waals surface area contributed by atoms with Crippen LogP contribution in [-0.4, -0.2) is 43.7 Å². The van der Waals surface area contributed by atoms with E-state index in [2.05, 4.69) is 0 Å². The highest BCUT2D eigenvalue weighted by atomic mass is 32.2. The van der Waals surface area contributed by atoms with Gasteiger partial charge >= 0.3 is 5.97 Å². The van der Waals surface area contributed by atoms with Crippen molar-refractivity contribution in [2.24, 2.45) is 0 Å². The van der Waals surface area contributed by atoms with Gasteiger partial charge in [0.15, 0.2) is 9.84 Å². The first-order valence-corrected chi connectivity index (χ1v) is 5.75. The molecule has 5 nitrogen and oxygen atoms in total. The Labute approximate surface area is 76.6 Å². The van der Waals surface area contributed by atoms with Gasteiger partial charge in [-0.05, 0) is 6.42 Å². The van der Waals surface area contributed by atoms with Gasteiger partial charge in [-0.15, -0.1) is 0 Å². The molecule has 1 atom stereocenters. The lowest BCUT2D eigenvalue weighted by Crippen LogP contribution is -2.25. The second-order valence-electron chi connectivity index (χ2n) is 3.00. The van der Waals surface area contributed by atoms with Gasteiger partial charge in [-0.25, -0.2) is 8.42 Å². The number of ether oxygens (including phenoxy) is 1. The van der Waals surface area contributed by atoms with Crippen molar-refractivity contribution in [3.8, 4) is 0 Å². The first-order chi connectivity index (χ1) is 6.02. The third kappa shape index (κ3) is 2.96. The minimum absolute atomic E-state index is 0.210. The van der Waals surface area contributed by atoms with Crippen LogP contribution in [0.2, 0.25) is 0 Å². The highest BCUT2D eigenvalue weighted by Crippen LogP contribution is 2.15. The summed E-state index contributed by atoms with van der Waals surface area (Å²) in [5, 5.41) is 7.83. The summed E-state index contributed by atoms with van der Waals surface area (Å²) in [6.45, 7) is 0.666. The summed E-state index contributed by atoms with van der Waals surface area (Å²) in [7, 11) is -3.26. The second-order valence-corrected chi connectivity index (χ2v) is 5.40. The number of hydrogen-bond acceptors (Lipinski definition) is 4. The normalized spacial score (nSPS) is 23.2. The Balaban J connectivity index is 2.50. The van der Waals surface area contributed by atoms with Crippen LogP contribution in [0.25, 0.3) is 0 Å². The van der Waals surface area contributed by atoms with E-state index in [-0.39, 0.29) is 18.8 Å². The zero-order chi connectivity index (χ0) is 9.90. The molecule has 1 N–H and O–H groups in total. The predicted octanol–water partition coefficient (Wildman–Crippen LogP) is -0.335. The SMILES string of the molecule is O=C(O)CCS(=O)(=O)C1CCOC1. The number of carboxylic acid groups (broad SMARTS) is 1. The van der Waals surface area contributed by atoms with Crippen molar-refractivity contribution < 1.29 is 23.1 Å². The van der Waals surface area contributed by atoms with Gasteiger partial charge in [0.05, 0.1) is 24.0 Å². The highest BCUT2D eigenvalue weighted by molar-refractivity contribution is 7.92. The van der Waals surface area contributed by atoms with Crippen LogP contribution in [0.3, 0.4) is 0 Å². The van der Waals surface area contributed by atoms with Crippen molar-refractivity contribution in [2.45, 2.75) is 18.1 Å². The topological polar surface area (TPSA) is 80.7 Å². The maximum Gasteiger partial charge on any atom is 0.304 e. The molecule has 1 heterocycles. The Morgan fingerprint density at radius 2 is 2.23 bits per heavy atom. The molecule has 0 aromatic carbocycles. The molecule has 1 rings (SSSR count). The maximum atomic E-state index is 11.4. The molecule has 0 amide bonds. The van der Waals surface area contributed by atoms with E-state index < -0.39 is 21.1 Å². The first-order valence-electron chi connectivity index (χ1n) is 4.03. The van der Waals surface area contributed by atoms with E-state index in [1.54, 1.807) is 0 Å². The third-order valence-corrected chi connectivity index (χ3v) is 4.16. The first kappa shape index (κ1) is 10.5. The third-order valence-electron chi connectivity index (χ3n) is 2.00. The smallest absolute Gasteiger partial charge is 0.304 e. The van der Waals surface area contributed by atoms with Gasteiger partial charge in [0.2, 0.25) is 0 Å². The summed E-state index contributed by atoms with van der Waals surface area (Å²) in [6, 6.07) is 0. The molecule has 1 fully saturated rings. The quantitative estimate of drug-likeness (QED) is 0.684. The summed E-state index contributed by atoms with van der Waals surface area (Å²) in [6.07, 6.45) is 0.167. The molecule has 76 valence electrons. The van der Waals surface area contributed by atoms with Crippen LogP contribution < -0.4 is 0 Å². The Bertz CT molecular complexity index is 275. The van der Waals surface area contributed by atoms with Crippen molar-refractivity contribution in [1.82, 2.24) is 0 Å². The van der Waals surface area contributed by atoms with E-state index in [1.807, 2.05) is 0 Å². The molecule has 1 aliphatic rings. The molecule has 0 aliphatic carbocycles. The van der Waals surface area contributed by atoms with Gasteiger partial charge in [-0.1, -0.05) is 0 Å². The Morgan fingerprint density at radius 1 is 1.54 bits per heavy atom. The average molecular weight is 208 g/mol. The summed E-state index contributed by atoms with van der Waals surface area (Å²) in [4.78, 5) is 10.2. The van der Waals surface area contributed by atoms with Gasteiger partial charge in [-0.2, -0.15) is 0 Å².